The van der Waals surface area contributed by atoms with Gasteiger partial charge in [-0.15, -0.1) is 11.6 Å². The van der Waals surface area contributed by atoms with E-state index < -0.39 is 9.84 Å². The van der Waals surface area contributed by atoms with Crippen LogP contribution in [0.2, 0.25) is 0 Å². The minimum Gasteiger partial charge on any atom is -0.285 e. The molecule has 0 saturated heterocycles. The lowest BCUT2D eigenvalue weighted by Gasteiger charge is -2.06. The molecule has 0 atom stereocenters. The molecule has 0 amide bonds. The molecule has 95 valence electrons. The lowest BCUT2D eigenvalue weighted by molar-refractivity contribution is 0.593. The van der Waals surface area contributed by atoms with Gasteiger partial charge in [-0.05, 0) is 25.0 Å². The van der Waals surface area contributed by atoms with Crippen LogP contribution in [0.25, 0.3) is 0 Å². The summed E-state index contributed by atoms with van der Waals surface area (Å²) in [5.41, 5.74) is 2.04. The zero-order chi connectivity index (χ0) is 12.7. The highest BCUT2D eigenvalue weighted by molar-refractivity contribution is 7.91. The Morgan fingerprint density at radius 3 is 2.59 bits per heavy atom. The molecule has 0 aliphatic carbocycles. The molecule has 1 aromatic carbocycles. The van der Waals surface area contributed by atoms with Crippen molar-refractivity contribution in [3.63, 3.8) is 0 Å². The predicted molar refractivity (Wildman–Crippen MR) is 71.8 cm³/mol. The molecular weight excluding hydrogens is 258 g/mol. The van der Waals surface area contributed by atoms with Crippen molar-refractivity contribution in [2.24, 2.45) is 0 Å². The molecule has 1 aromatic rings. The molecule has 0 aliphatic heterocycles. The highest BCUT2D eigenvalue weighted by atomic mass is 35.5. The molecule has 5 heteroatoms. The number of nitrogens with zero attached hydrogens (tertiary/aromatic N) is 1. The van der Waals surface area contributed by atoms with E-state index in [2.05, 4.69) is 5.32 Å². The van der Waals surface area contributed by atoms with Gasteiger partial charge in [0.2, 0.25) is 0 Å². The van der Waals surface area contributed by atoms with Crippen molar-refractivity contribution in [2.45, 2.75) is 13.3 Å². The van der Waals surface area contributed by atoms with Gasteiger partial charge in [0.05, 0.1) is 17.2 Å². The van der Waals surface area contributed by atoms with E-state index in [4.69, 9.17) is 11.6 Å². The molecule has 0 unspecified atom stereocenters. The highest BCUT2D eigenvalue weighted by Crippen LogP contribution is 2.13. The smallest absolute Gasteiger partial charge is 0.151 e. The van der Waals surface area contributed by atoms with Gasteiger partial charge in [-0.3, -0.25) is 5.32 Å². The monoisotopic (exact) mass is 274 g/mol. The van der Waals surface area contributed by atoms with E-state index >= 15 is 0 Å². The van der Waals surface area contributed by atoms with Gasteiger partial charge in [-0.25, -0.2) is 8.42 Å². The van der Waals surface area contributed by atoms with Crippen molar-refractivity contribution < 1.29 is 8.42 Å². The quantitative estimate of drug-likeness (QED) is 0.566. The fourth-order valence-corrected chi connectivity index (χ4v) is 3.16. The number of sulfone groups is 1. The molecule has 0 bridgehead atoms. The number of hydrogen-bond acceptors (Lipinski definition) is 2. The van der Waals surface area contributed by atoms with Crippen LogP contribution in [0, 0.1) is 6.92 Å². The third-order valence-electron chi connectivity index (χ3n) is 2.40. The lowest BCUT2D eigenvalue weighted by Crippen LogP contribution is -2.15. The second-order valence-corrected chi connectivity index (χ2v) is 6.54. The van der Waals surface area contributed by atoms with E-state index in [0.717, 1.165) is 11.3 Å². The van der Waals surface area contributed by atoms with Gasteiger partial charge in [0.1, 0.15) is 0 Å². The molecule has 0 aromatic heterocycles. The van der Waals surface area contributed by atoms with Crippen LogP contribution >= 0.6 is 11.6 Å². The van der Waals surface area contributed by atoms with Crippen molar-refractivity contribution in [3.8, 4) is 0 Å². The van der Waals surface area contributed by atoms with Crippen molar-refractivity contribution in [3.05, 3.63) is 29.8 Å². The summed E-state index contributed by atoms with van der Waals surface area (Å²) in [5, 5.41) is 4.37. The van der Waals surface area contributed by atoms with E-state index in [9.17, 15) is 8.42 Å². The second kappa shape index (κ2) is 6.87. The highest BCUT2D eigenvalue weighted by Gasteiger charge is 2.09. The second-order valence-electron chi connectivity index (χ2n) is 3.86. The van der Waals surface area contributed by atoms with Crippen LogP contribution in [0.4, 0.5) is 5.69 Å². The van der Waals surface area contributed by atoms with Crippen LogP contribution < -0.4 is 5.32 Å². The number of benzene rings is 1. The Labute approximate surface area is 108 Å². The van der Waals surface area contributed by atoms with Crippen LogP contribution in [-0.2, 0) is 9.84 Å². The van der Waals surface area contributed by atoms with Crippen molar-refractivity contribution >= 4 is 27.1 Å². The van der Waals surface area contributed by atoms with Gasteiger partial charge >= 0.3 is 0 Å². The Morgan fingerprint density at radius 2 is 1.94 bits per heavy atom. The van der Waals surface area contributed by atoms with Gasteiger partial charge in [-0.1, -0.05) is 18.2 Å². The molecule has 3 nitrogen and oxygen atoms in total. The van der Waals surface area contributed by atoms with E-state index in [1.165, 1.54) is 0 Å². The van der Waals surface area contributed by atoms with Crippen LogP contribution in [0.1, 0.15) is 12.0 Å². The SMILES string of the molecule is Cc1ccccc1[N]CCCS(=O)(=O)CCCl. The van der Waals surface area contributed by atoms with Crippen molar-refractivity contribution in [1.82, 2.24) is 5.32 Å². The summed E-state index contributed by atoms with van der Waals surface area (Å²) < 4.78 is 22.8. The van der Waals surface area contributed by atoms with Crippen LogP contribution in [0.15, 0.2) is 24.3 Å². The molecule has 0 fully saturated rings. The van der Waals surface area contributed by atoms with E-state index in [1.54, 1.807) is 0 Å². The summed E-state index contributed by atoms with van der Waals surface area (Å²) in [5.74, 6) is 0.380. The number of aryl methyl sites for hydroxylation is 1. The Bertz CT molecular complexity index is 446. The predicted octanol–water partition coefficient (Wildman–Crippen LogP) is 2.27. The normalized spacial score (nSPS) is 11.4. The van der Waals surface area contributed by atoms with E-state index in [1.807, 2.05) is 31.2 Å². The summed E-state index contributed by atoms with van der Waals surface area (Å²) in [6, 6.07) is 7.81. The fraction of sp³-hybridized carbons (Fsp3) is 0.500. The summed E-state index contributed by atoms with van der Waals surface area (Å²) in [6.45, 7) is 2.52. The first-order valence-corrected chi connectivity index (χ1v) is 7.90. The number of rotatable bonds is 7. The number of hydrogen-bond donors (Lipinski definition) is 0. The first kappa shape index (κ1) is 14.3. The van der Waals surface area contributed by atoms with E-state index in [0.29, 0.717) is 13.0 Å². The Balaban J connectivity index is 2.32. The minimum atomic E-state index is -2.99. The standard InChI is InChI=1S/C12H17ClNO2S/c1-11-5-2-3-6-12(11)14-8-4-9-17(15,16)10-7-13/h2-3,5-6H,4,7-10H2,1H3. The van der Waals surface area contributed by atoms with Crippen molar-refractivity contribution in [2.75, 3.05) is 23.9 Å². The summed E-state index contributed by atoms with van der Waals surface area (Å²) >= 11 is 5.41. The van der Waals surface area contributed by atoms with Gasteiger partial charge in [-0.2, -0.15) is 0 Å². The average molecular weight is 275 g/mol. The molecule has 17 heavy (non-hydrogen) atoms. The Morgan fingerprint density at radius 1 is 1.24 bits per heavy atom. The first-order valence-electron chi connectivity index (χ1n) is 5.55. The molecule has 1 rings (SSSR count). The minimum absolute atomic E-state index is 0.0545. The molecule has 0 N–H and O–H groups in total. The molecule has 0 aliphatic rings. The molecule has 0 heterocycles. The largest absolute Gasteiger partial charge is 0.285 e. The third kappa shape index (κ3) is 5.41. The van der Waals surface area contributed by atoms with E-state index in [-0.39, 0.29) is 17.4 Å². The van der Waals surface area contributed by atoms with Crippen LogP contribution in [-0.4, -0.2) is 32.3 Å². The van der Waals surface area contributed by atoms with Gasteiger partial charge in [0.25, 0.3) is 0 Å². The van der Waals surface area contributed by atoms with Gasteiger partial charge in [0, 0.05) is 12.4 Å². The molecule has 1 radical (unpaired) electrons. The maximum Gasteiger partial charge on any atom is 0.151 e. The number of halogens is 1. The molecule has 0 spiro atoms. The van der Waals surface area contributed by atoms with Gasteiger partial charge < -0.3 is 0 Å². The maximum absolute atomic E-state index is 11.4. The lowest BCUT2D eigenvalue weighted by atomic mass is 10.2. The molecular formula is C12H17ClNO2S. The first-order chi connectivity index (χ1) is 8.05. The Kier molecular flexibility index (Phi) is 5.78. The zero-order valence-electron chi connectivity index (χ0n) is 9.89. The zero-order valence-corrected chi connectivity index (χ0v) is 11.5. The van der Waals surface area contributed by atoms with Gasteiger partial charge in [0.15, 0.2) is 9.84 Å². The molecule has 0 saturated carbocycles. The third-order valence-corrected chi connectivity index (χ3v) is 4.55. The maximum atomic E-state index is 11.4. The summed E-state index contributed by atoms with van der Waals surface area (Å²) in [6.07, 6.45) is 0.549. The van der Waals surface area contributed by atoms with Crippen molar-refractivity contribution in [1.29, 1.82) is 0 Å². The fourth-order valence-electron chi connectivity index (χ4n) is 1.44. The average Bonchev–Trinajstić information content (AvgIpc) is 2.26. The topological polar surface area (TPSA) is 48.2 Å². The summed E-state index contributed by atoms with van der Waals surface area (Å²) in [7, 11) is -2.99. The number of para-hydroxylation sites is 1. The van der Waals surface area contributed by atoms with Crippen LogP contribution in [0.3, 0.4) is 0 Å². The number of alkyl halides is 1. The van der Waals surface area contributed by atoms with Crippen LogP contribution in [0.5, 0.6) is 0 Å². The Hall–Kier alpha value is -0.740. The summed E-state index contributed by atoms with van der Waals surface area (Å²) in [4.78, 5) is 0.